The van der Waals surface area contributed by atoms with E-state index in [0.29, 0.717) is 23.6 Å². The van der Waals surface area contributed by atoms with Crippen LogP contribution in [-0.4, -0.2) is 54.9 Å². The van der Waals surface area contributed by atoms with Gasteiger partial charge in [0.05, 0.1) is 7.11 Å². The first kappa shape index (κ1) is 20.8. The van der Waals surface area contributed by atoms with Crippen LogP contribution in [0.3, 0.4) is 0 Å². The molecule has 0 N–H and O–H groups in total. The van der Waals surface area contributed by atoms with Crippen molar-refractivity contribution in [2.24, 2.45) is 5.41 Å². The molecule has 5 rings (SSSR count). The van der Waals surface area contributed by atoms with E-state index < -0.39 is 0 Å². The van der Waals surface area contributed by atoms with Crippen LogP contribution in [0.4, 0.5) is 0 Å². The van der Waals surface area contributed by atoms with Crippen molar-refractivity contribution in [3.05, 3.63) is 58.5 Å². The van der Waals surface area contributed by atoms with Gasteiger partial charge < -0.3 is 19.0 Å². The normalized spacial score (nSPS) is 18.2. The molecule has 0 saturated carbocycles. The molecular formula is C25H26N2O4S. The largest absolute Gasteiger partial charge is 0.493 e. The van der Waals surface area contributed by atoms with Crippen molar-refractivity contribution in [3.8, 4) is 5.75 Å². The molecule has 166 valence electrons. The Kier molecular flexibility index (Phi) is 5.51. The number of likely N-dealkylation sites (tertiary alicyclic amines) is 2. The molecule has 0 radical (unpaired) electrons. The van der Waals surface area contributed by atoms with Gasteiger partial charge in [-0.1, -0.05) is 12.1 Å². The number of benzene rings is 1. The summed E-state index contributed by atoms with van der Waals surface area (Å²) in [5.74, 6) is 0.975. The first-order valence-corrected chi connectivity index (χ1v) is 11.9. The Morgan fingerprint density at radius 2 is 1.91 bits per heavy atom. The first-order valence-electron chi connectivity index (χ1n) is 10.9. The molecule has 2 aliphatic rings. The summed E-state index contributed by atoms with van der Waals surface area (Å²) in [4.78, 5) is 29.5. The van der Waals surface area contributed by atoms with Crippen molar-refractivity contribution in [1.29, 1.82) is 0 Å². The molecule has 0 bridgehead atoms. The van der Waals surface area contributed by atoms with Gasteiger partial charge in [-0.25, -0.2) is 0 Å². The summed E-state index contributed by atoms with van der Waals surface area (Å²) in [6.45, 7) is 2.90. The number of thiophene rings is 1. The van der Waals surface area contributed by atoms with Crippen molar-refractivity contribution < 1.29 is 18.7 Å². The van der Waals surface area contributed by atoms with Gasteiger partial charge in [0.25, 0.3) is 5.91 Å². The number of para-hydroxylation sites is 1. The van der Waals surface area contributed by atoms with Crippen molar-refractivity contribution in [2.45, 2.75) is 19.3 Å². The molecule has 2 fully saturated rings. The fraction of sp³-hybridized carbons (Fsp3) is 0.360. The molecule has 6 nitrogen and oxygen atoms in total. The van der Waals surface area contributed by atoms with E-state index in [1.54, 1.807) is 30.6 Å². The van der Waals surface area contributed by atoms with Crippen LogP contribution in [0.5, 0.6) is 5.75 Å². The van der Waals surface area contributed by atoms with Crippen molar-refractivity contribution >= 4 is 40.2 Å². The number of furan rings is 1. The lowest BCUT2D eigenvalue weighted by Gasteiger charge is -2.38. The fourth-order valence-electron chi connectivity index (χ4n) is 4.82. The number of methoxy groups -OCH3 is 1. The van der Waals surface area contributed by atoms with Gasteiger partial charge in [-0.3, -0.25) is 9.59 Å². The number of carbonyl (C=O) groups excluding carboxylic acids is 2. The number of rotatable bonds is 4. The predicted octanol–water partition coefficient (Wildman–Crippen LogP) is 4.67. The van der Waals surface area contributed by atoms with Crippen molar-refractivity contribution in [1.82, 2.24) is 9.80 Å². The van der Waals surface area contributed by atoms with Gasteiger partial charge in [-0.05, 0) is 65.3 Å². The Morgan fingerprint density at radius 1 is 1.12 bits per heavy atom. The van der Waals surface area contributed by atoms with Crippen LogP contribution in [0.2, 0.25) is 0 Å². The Balaban J connectivity index is 1.21. The van der Waals surface area contributed by atoms with E-state index >= 15 is 0 Å². The summed E-state index contributed by atoms with van der Waals surface area (Å²) < 4.78 is 11.2. The molecule has 0 unspecified atom stereocenters. The van der Waals surface area contributed by atoms with Crippen molar-refractivity contribution in [3.63, 3.8) is 0 Å². The third kappa shape index (κ3) is 3.93. The van der Waals surface area contributed by atoms with Gasteiger partial charge in [0.1, 0.15) is 0 Å². The fourth-order valence-corrected chi connectivity index (χ4v) is 5.45. The number of carbonyl (C=O) groups is 2. The Morgan fingerprint density at radius 3 is 2.62 bits per heavy atom. The zero-order chi connectivity index (χ0) is 22.1. The predicted molar refractivity (Wildman–Crippen MR) is 125 cm³/mol. The number of hydrogen-bond acceptors (Lipinski definition) is 5. The molecule has 3 aromatic rings. The minimum atomic E-state index is -0.0719. The van der Waals surface area contributed by atoms with Crippen LogP contribution in [-0.2, 0) is 4.79 Å². The quantitative estimate of drug-likeness (QED) is 0.542. The molecule has 0 aliphatic carbocycles. The highest BCUT2D eigenvalue weighted by Crippen LogP contribution is 2.41. The highest BCUT2D eigenvalue weighted by Gasteiger charge is 2.43. The minimum Gasteiger partial charge on any atom is -0.493 e. The molecule has 32 heavy (non-hydrogen) atoms. The smallest absolute Gasteiger partial charge is 0.289 e. The van der Waals surface area contributed by atoms with Gasteiger partial charge in [-0.2, -0.15) is 11.3 Å². The molecule has 7 heteroatoms. The molecule has 2 aliphatic heterocycles. The minimum absolute atomic E-state index is 0.0632. The maximum Gasteiger partial charge on any atom is 0.289 e. The molecule has 2 saturated heterocycles. The van der Waals surface area contributed by atoms with Gasteiger partial charge in [0.15, 0.2) is 17.1 Å². The highest BCUT2D eigenvalue weighted by molar-refractivity contribution is 7.08. The third-order valence-electron chi connectivity index (χ3n) is 6.76. The second-order valence-electron chi connectivity index (χ2n) is 8.68. The standard InChI is InChI=1S/C25H26N2O4S/c1-30-20-4-2-3-19-15-21(31-23(19)20)24(29)27-13-10-25(17-27)8-11-26(12-9-25)22(28)6-5-18-7-14-32-16-18/h2-7,14-16H,8-13,17H2,1H3/b6-5+. The molecule has 2 amide bonds. The van der Waals surface area contributed by atoms with Crippen LogP contribution in [0, 0.1) is 5.41 Å². The number of fused-ring (bicyclic) bond motifs is 1. The molecule has 0 atom stereocenters. The molecule has 1 spiro atoms. The summed E-state index contributed by atoms with van der Waals surface area (Å²) >= 11 is 1.62. The number of piperidine rings is 1. The summed E-state index contributed by atoms with van der Waals surface area (Å²) in [5.41, 5.74) is 1.76. The number of nitrogens with zero attached hydrogens (tertiary/aromatic N) is 2. The van der Waals surface area contributed by atoms with E-state index in [4.69, 9.17) is 9.15 Å². The topological polar surface area (TPSA) is 63.0 Å². The van der Waals surface area contributed by atoms with E-state index in [9.17, 15) is 9.59 Å². The maximum atomic E-state index is 13.1. The molecule has 2 aromatic heterocycles. The third-order valence-corrected chi connectivity index (χ3v) is 7.46. The molecular weight excluding hydrogens is 424 g/mol. The Labute approximate surface area is 191 Å². The Bertz CT molecular complexity index is 1160. The van der Waals surface area contributed by atoms with E-state index in [-0.39, 0.29) is 17.2 Å². The number of amides is 2. The SMILES string of the molecule is COc1cccc2cc(C(=O)N3CCC4(CCN(C(=O)/C=C/c5ccsc5)CC4)C3)oc12. The summed E-state index contributed by atoms with van der Waals surface area (Å²) in [7, 11) is 1.60. The van der Waals surface area contributed by atoms with Gasteiger partial charge in [0.2, 0.25) is 5.91 Å². The molecule has 1 aromatic carbocycles. The number of ether oxygens (including phenoxy) is 1. The molecule has 4 heterocycles. The number of hydrogen-bond donors (Lipinski definition) is 0. The zero-order valence-electron chi connectivity index (χ0n) is 18.1. The summed E-state index contributed by atoms with van der Waals surface area (Å²) in [6, 6.07) is 9.44. The van der Waals surface area contributed by atoms with E-state index in [0.717, 1.165) is 49.8 Å². The van der Waals surface area contributed by atoms with Gasteiger partial charge in [0, 0.05) is 37.6 Å². The summed E-state index contributed by atoms with van der Waals surface area (Å²) in [6.07, 6.45) is 6.35. The lowest BCUT2D eigenvalue weighted by Crippen LogP contribution is -2.44. The average Bonchev–Trinajstić information content (AvgIpc) is 3.57. The monoisotopic (exact) mass is 450 g/mol. The second kappa shape index (κ2) is 8.47. The summed E-state index contributed by atoms with van der Waals surface area (Å²) in [5, 5.41) is 4.89. The van der Waals surface area contributed by atoms with Crippen LogP contribution in [0.25, 0.3) is 17.0 Å². The maximum absolute atomic E-state index is 13.1. The van der Waals surface area contributed by atoms with Crippen LogP contribution < -0.4 is 4.74 Å². The van der Waals surface area contributed by atoms with Crippen molar-refractivity contribution in [2.75, 3.05) is 33.3 Å². The lowest BCUT2D eigenvalue weighted by molar-refractivity contribution is -0.128. The van der Waals surface area contributed by atoms with Crippen LogP contribution >= 0.6 is 11.3 Å². The van der Waals surface area contributed by atoms with Crippen LogP contribution in [0.15, 0.2) is 51.6 Å². The average molecular weight is 451 g/mol. The van der Waals surface area contributed by atoms with Gasteiger partial charge >= 0.3 is 0 Å². The first-order chi connectivity index (χ1) is 15.6. The van der Waals surface area contributed by atoms with E-state index in [2.05, 4.69) is 0 Å². The zero-order valence-corrected chi connectivity index (χ0v) is 18.9. The second-order valence-corrected chi connectivity index (χ2v) is 9.46. The Hall–Kier alpha value is -3.06. The lowest BCUT2D eigenvalue weighted by atomic mass is 9.78. The van der Waals surface area contributed by atoms with E-state index in [1.165, 1.54) is 0 Å². The van der Waals surface area contributed by atoms with Gasteiger partial charge in [-0.15, -0.1) is 0 Å². The van der Waals surface area contributed by atoms with Crippen LogP contribution in [0.1, 0.15) is 35.4 Å². The van der Waals surface area contributed by atoms with E-state index in [1.807, 2.05) is 50.9 Å². The highest BCUT2D eigenvalue weighted by atomic mass is 32.1.